The Morgan fingerprint density at radius 2 is 2.05 bits per heavy atom. The van der Waals surface area contributed by atoms with Gasteiger partial charge < -0.3 is 5.32 Å². The lowest BCUT2D eigenvalue weighted by Crippen LogP contribution is -2.35. The molecule has 0 amide bonds. The van der Waals surface area contributed by atoms with Crippen LogP contribution in [0, 0.1) is 24.6 Å². The van der Waals surface area contributed by atoms with Gasteiger partial charge in [-0.25, -0.2) is 4.39 Å². The van der Waals surface area contributed by atoms with Crippen LogP contribution in [-0.4, -0.2) is 12.6 Å². The summed E-state index contributed by atoms with van der Waals surface area (Å²) in [5, 5.41) is 3.59. The van der Waals surface area contributed by atoms with E-state index in [1.807, 2.05) is 6.07 Å². The molecule has 1 fully saturated rings. The molecule has 0 radical (unpaired) electrons. The molecule has 0 saturated heterocycles. The minimum absolute atomic E-state index is 0.0928. The van der Waals surface area contributed by atoms with Crippen molar-refractivity contribution in [1.82, 2.24) is 5.32 Å². The quantitative estimate of drug-likeness (QED) is 0.801. The van der Waals surface area contributed by atoms with E-state index in [9.17, 15) is 4.39 Å². The zero-order valence-electron chi connectivity index (χ0n) is 14.0. The van der Waals surface area contributed by atoms with Crippen LogP contribution >= 0.6 is 0 Å². The van der Waals surface area contributed by atoms with E-state index in [0.717, 1.165) is 12.5 Å². The lowest BCUT2D eigenvalue weighted by atomic mass is 9.69. The topological polar surface area (TPSA) is 12.0 Å². The Balaban J connectivity index is 2.21. The Labute approximate surface area is 129 Å². The van der Waals surface area contributed by atoms with Crippen molar-refractivity contribution in [3.63, 3.8) is 0 Å². The molecule has 21 heavy (non-hydrogen) atoms. The van der Waals surface area contributed by atoms with Crippen LogP contribution in [0.2, 0.25) is 0 Å². The molecule has 1 aliphatic rings. The third kappa shape index (κ3) is 4.29. The maximum absolute atomic E-state index is 13.7. The fraction of sp³-hybridized carbons (Fsp3) is 0.684. The van der Waals surface area contributed by atoms with Gasteiger partial charge in [0.25, 0.3) is 0 Å². The Morgan fingerprint density at radius 3 is 2.71 bits per heavy atom. The first-order chi connectivity index (χ1) is 10.0. The van der Waals surface area contributed by atoms with Crippen LogP contribution in [0.5, 0.6) is 0 Å². The second kappa shape index (κ2) is 7.40. The molecule has 1 nitrogen and oxygen atoms in total. The SMILES string of the molecule is CCC1CCC(CNC(C)C)C(c2cc(F)ccc2C)C1. The van der Waals surface area contributed by atoms with Crippen molar-refractivity contribution in [3.8, 4) is 0 Å². The van der Waals surface area contributed by atoms with E-state index in [1.165, 1.54) is 36.8 Å². The first-order valence-electron chi connectivity index (χ1n) is 8.50. The fourth-order valence-electron chi connectivity index (χ4n) is 3.71. The zero-order valence-corrected chi connectivity index (χ0v) is 14.0. The normalized spacial score (nSPS) is 26.3. The smallest absolute Gasteiger partial charge is 0.123 e. The summed E-state index contributed by atoms with van der Waals surface area (Å²) in [4.78, 5) is 0. The molecule has 2 rings (SSSR count). The molecule has 118 valence electrons. The summed E-state index contributed by atoms with van der Waals surface area (Å²) < 4.78 is 13.7. The number of aryl methyl sites for hydroxylation is 1. The van der Waals surface area contributed by atoms with Crippen LogP contribution in [0.4, 0.5) is 4.39 Å². The molecule has 0 spiro atoms. The molecule has 1 N–H and O–H groups in total. The summed E-state index contributed by atoms with van der Waals surface area (Å²) in [5.74, 6) is 1.85. The van der Waals surface area contributed by atoms with Crippen molar-refractivity contribution in [3.05, 3.63) is 35.1 Å². The molecule has 0 aromatic heterocycles. The van der Waals surface area contributed by atoms with Gasteiger partial charge in [0.2, 0.25) is 0 Å². The number of hydrogen-bond acceptors (Lipinski definition) is 1. The van der Waals surface area contributed by atoms with Gasteiger partial charge in [-0.2, -0.15) is 0 Å². The minimum Gasteiger partial charge on any atom is -0.314 e. The molecule has 0 aliphatic heterocycles. The zero-order chi connectivity index (χ0) is 15.4. The van der Waals surface area contributed by atoms with Crippen LogP contribution in [0.15, 0.2) is 18.2 Å². The predicted octanol–water partition coefficient (Wildman–Crippen LogP) is 5.04. The molecule has 1 aromatic carbocycles. The van der Waals surface area contributed by atoms with Crippen molar-refractivity contribution in [2.45, 2.75) is 65.3 Å². The summed E-state index contributed by atoms with van der Waals surface area (Å²) in [6, 6.07) is 5.82. The van der Waals surface area contributed by atoms with Gasteiger partial charge in [-0.15, -0.1) is 0 Å². The summed E-state index contributed by atoms with van der Waals surface area (Å²) in [6.07, 6.45) is 5.05. The van der Waals surface area contributed by atoms with E-state index >= 15 is 0 Å². The monoisotopic (exact) mass is 291 g/mol. The van der Waals surface area contributed by atoms with Crippen molar-refractivity contribution in [2.75, 3.05) is 6.54 Å². The number of nitrogens with one attached hydrogen (secondary N) is 1. The molecule has 3 unspecified atom stereocenters. The predicted molar refractivity (Wildman–Crippen MR) is 88.1 cm³/mol. The van der Waals surface area contributed by atoms with E-state index in [-0.39, 0.29) is 5.82 Å². The highest BCUT2D eigenvalue weighted by atomic mass is 19.1. The molecule has 2 heteroatoms. The van der Waals surface area contributed by atoms with Crippen molar-refractivity contribution in [1.29, 1.82) is 0 Å². The molecule has 3 atom stereocenters. The largest absolute Gasteiger partial charge is 0.314 e. The van der Waals surface area contributed by atoms with Gasteiger partial charge in [0.15, 0.2) is 0 Å². The van der Waals surface area contributed by atoms with Crippen LogP contribution in [0.1, 0.15) is 63.5 Å². The number of halogens is 1. The lowest BCUT2D eigenvalue weighted by Gasteiger charge is -2.37. The number of benzene rings is 1. The number of rotatable bonds is 5. The highest BCUT2D eigenvalue weighted by Crippen LogP contribution is 2.42. The third-order valence-electron chi connectivity index (χ3n) is 5.11. The third-order valence-corrected chi connectivity index (χ3v) is 5.11. The van der Waals surface area contributed by atoms with Gasteiger partial charge >= 0.3 is 0 Å². The Kier molecular flexibility index (Phi) is 5.80. The Morgan fingerprint density at radius 1 is 1.29 bits per heavy atom. The van der Waals surface area contributed by atoms with Gasteiger partial charge in [-0.3, -0.25) is 0 Å². The van der Waals surface area contributed by atoms with Crippen LogP contribution in [0.3, 0.4) is 0 Å². The summed E-state index contributed by atoms with van der Waals surface area (Å²) >= 11 is 0. The Hall–Kier alpha value is -0.890. The van der Waals surface area contributed by atoms with Crippen LogP contribution < -0.4 is 5.32 Å². The van der Waals surface area contributed by atoms with E-state index in [0.29, 0.717) is 17.9 Å². The molecule has 0 heterocycles. The molecule has 1 aromatic rings. The van der Waals surface area contributed by atoms with E-state index in [2.05, 4.69) is 33.0 Å². The van der Waals surface area contributed by atoms with Crippen molar-refractivity contribution >= 4 is 0 Å². The first kappa shape index (κ1) is 16.5. The Bertz CT molecular complexity index is 455. The van der Waals surface area contributed by atoms with Gasteiger partial charge in [-0.1, -0.05) is 39.7 Å². The first-order valence-corrected chi connectivity index (χ1v) is 8.50. The van der Waals surface area contributed by atoms with E-state index in [1.54, 1.807) is 12.1 Å². The molecule has 0 bridgehead atoms. The maximum atomic E-state index is 13.7. The van der Waals surface area contributed by atoms with Gasteiger partial charge in [0.1, 0.15) is 5.82 Å². The standard InChI is InChI=1S/C19H30FN/c1-5-15-7-8-16(12-21-13(2)3)19(10-15)18-11-17(20)9-6-14(18)4/h6,9,11,13,15-16,19,21H,5,7-8,10,12H2,1-4H3. The molecule has 1 saturated carbocycles. The second-order valence-electron chi connectivity index (χ2n) is 7.02. The second-order valence-corrected chi connectivity index (χ2v) is 7.02. The van der Waals surface area contributed by atoms with Gasteiger partial charge in [0.05, 0.1) is 0 Å². The highest BCUT2D eigenvalue weighted by molar-refractivity contribution is 5.31. The van der Waals surface area contributed by atoms with Crippen molar-refractivity contribution in [2.24, 2.45) is 11.8 Å². The molecular formula is C19H30FN. The average molecular weight is 291 g/mol. The van der Waals surface area contributed by atoms with Crippen molar-refractivity contribution < 1.29 is 4.39 Å². The lowest BCUT2D eigenvalue weighted by molar-refractivity contribution is 0.222. The summed E-state index contributed by atoms with van der Waals surface area (Å²) in [5.41, 5.74) is 2.48. The van der Waals surface area contributed by atoms with E-state index < -0.39 is 0 Å². The molecular weight excluding hydrogens is 261 g/mol. The number of hydrogen-bond donors (Lipinski definition) is 1. The highest BCUT2D eigenvalue weighted by Gasteiger charge is 2.31. The van der Waals surface area contributed by atoms with Crippen LogP contribution in [-0.2, 0) is 0 Å². The minimum atomic E-state index is -0.0928. The van der Waals surface area contributed by atoms with Gasteiger partial charge in [0, 0.05) is 6.04 Å². The summed E-state index contributed by atoms with van der Waals surface area (Å²) in [6.45, 7) is 9.85. The van der Waals surface area contributed by atoms with E-state index in [4.69, 9.17) is 0 Å². The summed E-state index contributed by atoms with van der Waals surface area (Å²) in [7, 11) is 0. The molecule has 1 aliphatic carbocycles. The van der Waals surface area contributed by atoms with Crippen LogP contribution in [0.25, 0.3) is 0 Å². The maximum Gasteiger partial charge on any atom is 0.123 e. The van der Waals surface area contributed by atoms with Gasteiger partial charge in [-0.05, 0) is 67.3 Å². The fourth-order valence-corrected chi connectivity index (χ4v) is 3.71. The average Bonchev–Trinajstić information content (AvgIpc) is 2.47.